The van der Waals surface area contributed by atoms with E-state index in [9.17, 15) is 0 Å². The van der Waals surface area contributed by atoms with Crippen molar-refractivity contribution in [3.05, 3.63) is 35.4 Å². The standard InChI is InChI=1S/C13H16N2/c1-13(7-4-8-13)15-10-12-6-3-2-5-11(12)9-14/h2-3,5-6,15H,4,7-8,10H2,1H3. The molecule has 0 atom stereocenters. The largest absolute Gasteiger partial charge is 0.307 e. The van der Waals surface area contributed by atoms with E-state index in [0.717, 1.165) is 17.7 Å². The molecule has 0 spiro atoms. The average molecular weight is 200 g/mol. The van der Waals surface area contributed by atoms with E-state index in [1.165, 1.54) is 19.3 Å². The molecule has 1 aromatic carbocycles. The molecule has 0 bridgehead atoms. The van der Waals surface area contributed by atoms with E-state index >= 15 is 0 Å². The molecule has 0 amide bonds. The van der Waals surface area contributed by atoms with E-state index in [1.807, 2.05) is 24.3 Å². The first-order chi connectivity index (χ1) is 7.23. The Kier molecular flexibility index (Phi) is 2.75. The lowest BCUT2D eigenvalue weighted by molar-refractivity contribution is 0.207. The van der Waals surface area contributed by atoms with Crippen molar-refractivity contribution in [1.82, 2.24) is 5.32 Å². The fourth-order valence-corrected chi connectivity index (χ4v) is 1.98. The number of nitriles is 1. The van der Waals surface area contributed by atoms with Crippen LogP contribution < -0.4 is 5.32 Å². The molecule has 0 aliphatic heterocycles. The molecule has 0 heterocycles. The third-order valence-electron chi connectivity index (χ3n) is 3.30. The van der Waals surface area contributed by atoms with E-state index in [0.29, 0.717) is 5.54 Å². The van der Waals surface area contributed by atoms with Crippen molar-refractivity contribution in [2.45, 2.75) is 38.3 Å². The van der Waals surface area contributed by atoms with E-state index in [4.69, 9.17) is 5.26 Å². The van der Waals surface area contributed by atoms with Gasteiger partial charge in [0.15, 0.2) is 0 Å². The Morgan fingerprint density at radius 1 is 1.40 bits per heavy atom. The van der Waals surface area contributed by atoms with E-state index in [2.05, 4.69) is 18.3 Å². The monoisotopic (exact) mass is 200 g/mol. The van der Waals surface area contributed by atoms with Crippen LogP contribution in [0.4, 0.5) is 0 Å². The van der Waals surface area contributed by atoms with Gasteiger partial charge in [-0.15, -0.1) is 0 Å². The summed E-state index contributed by atoms with van der Waals surface area (Å²) >= 11 is 0. The van der Waals surface area contributed by atoms with Gasteiger partial charge in [0, 0.05) is 12.1 Å². The number of hydrogen-bond acceptors (Lipinski definition) is 2. The van der Waals surface area contributed by atoms with Crippen molar-refractivity contribution in [1.29, 1.82) is 5.26 Å². The summed E-state index contributed by atoms with van der Waals surface area (Å²) in [4.78, 5) is 0. The molecule has 0 radical (unpaired) electrons. The summed E-state index contributed by atoms with van der Waals surface area (Å²) < 4.78 is 0. The fourth-order valence-electron chi connectivity index (χ4n) is 1.98. The Balaban J connectivity index is 2.02. The summed E-state index contributed by atoms with van der Waals surface area (Å²) in [5.74, 6) is 0. The Bertz CT molecular complexity index is 386. The Labute approximate surface area is 90.9 Å². The lowest BCUT2D eigenvalue weighted by Gasteiger charge is -2.39. The van der Waals surface area contributed by atoms with Crippen LogP contribution in [0, 0.1) is 11.3 Å². The second-order valence-corrected chi connectivity index (χ2v) is 4.54. The summed E-state index contributed by atoms with van der Waals surface area (Å²) in [5.41, 5.74) is 2.20. The van der Waals surface area contributed by atoms with Gasteiger partial charge in [-0.25, -0.2) is 0 Å². The van der Waals surface area contributed by atoms with Crippen molar-refractivity contribution >= 4 is 0 Å². The predicted molar refractivity (Wildman–Crippen MR) is 60.3 cm³/mol. The fraction of sp³-hybridized carbons (Fsp3) is 0.462. The highest BCUT2D eigenvalue weighted by Gasteiger charge is 2.30. The maximum absolute atomic E-state index is 8.94. The summed E-state index contributed by atoms with van der Waals surface area (Å²) in [6.07, 6.45) is 3.83. The van der Waals surface area contributed by atoms with Gasteiger partial charge in [-0.1, -0.05) is 18.2 Å². The van der Waals surface area contributed by atoms with E-state index < -0.39 is 0 Å². The quantitative estimate of drug-likeness (QED) is 0.814. The normalized spacial score (nSPS) is 17.9. The second kappa shape index (κ2) is 4.04. The highest BCUT2D eigenvalue weighted by Crippen LogP contribution is 2.31. The van der Waals surface area contributed by atoms with E-state index in [-0.39, 0.29) is 0 Å². The molecule has 2 rings (SSSR count). The highest BCUT2D eigenvalue weighted by molar-refractivity contribution is 5.37. The number of hydrogen-bond donors (Lipinski definition) is 1. The molecule has 78 valence electrons. The van der Waals surface area contributed by atoms with Crippen LogP contribution >= 0.6 is 0 Å². The maximum atomic E-state index is 8.94. The smallest absolute Gasteiger partial charge is 0.0995 e. The van der Waals surface area contributed by atoms with Crippen molar-refractivity contribution in [3.8, 4) is 6.07 Å². The molecular formula is C13H16N2. The van der Waals surface area contributed by atoms with Gasteiger partial charge in [0.25, 0.3) is 0 Å². The molecule has 0 unspecified atom stereocenters. The second-order valence-electron chi connectivity index (χ2n) is 4.54. The minimum atomic E-state index is 0.308. The molecule has 1 saturated carbocycles. The number of benzene rings is 1. The molecule has 1 aliphatic rings. The van der Waals surface area contributed by atoms with Gasteiger partial charge in [0.1, 0.15) is 0 Å². The van der Waals surface area contributed by atoms with Crippen molar-refractivity contribution in [2.75, 3.05) is 0 Å². The molecule has 0 saturated heterocycles. The van der Waals surface area contributed by atoms with Crippen LogP contribution in [0.3, 0.4) is 0 Å². The zero-order chi connectivity index (χ0) is 10.7. The average Bonchev–Trinajstić information content (AvgIpc) is 2.24. The van der Waals surface area contributed by atoms with Gasteiger partial charge in [-0.3, -0.25) is 0 Å². The van der Waals surface area contributed by atoms with Crippen LogP contribution in [0.25, 0.3) is 0 Å². The number of rotatable bonds is 3. The van der Waals surface area contributed by atoms with Crippen LogP contribution in [-0.2, 0) is 6.54 Å². The van der Waals surface area contributed by atoms with Gasteiger partial charge in [0.05, 0.1) is 11.6 Å². The zero-order valence-corrected chi connectivity index (χ0v) is 9.09. The van der Waals surface area contributed by atoms with Crippen LogP contribution in [0.15, 0.2) is 24.3 Å². The van der Waals surface area contributed by atoms with Crippen LogP contribution in [0.1, 0.15) is 37.3 Å². The first kappa shape index (κ1) is 10.2. The Morgan fingerprint density at radius 2 is 2.13 bits per heavy atom. The minimum absolute atomic E-state index is 0.308. The Hall–Kier alpha value is -1.33. The lowest BCUT2D eigenvalue weighted by atomic mass is 9.78. The molecule has 0 aromatic heterocycles. The van der Waals surface area contributed by atoms with E-state index in [1.54, 1.807) is 0 Å². The summed E-state index contributed by atoms with van der Waals surface area (Å²) in [7, 11) is 0. The van der Waals surface area contributed by atoms with Crippen molar-refractivity contribution < 1.29 is 0 Å². The zero-order valence-electron chi connectivity index (χ0n) is 9.09. The predicted octanol–water partition coefficient (Wildman–Crippen LogP) is 2.59. The molecule has 1 aliphatic carbocycles. The first-order valence-electron chi connectivity index (χ1n) is 5.47. The third-order valence-corrected chi connectivity index (χ3v) is 3.30. The maximum Gasteiger partial charge on any atom is 0.0995 e. The molecule has 1 fully saturated rings. The SMILES string of the molecule is CC1(NCc2ccccc2C#N)CCC1. The van der Waals surface area contributed by atoms with Gasteiger partial charge < -0.3 is 5.32 Å². The number of nitrogens with zero attached hydrogens (tertiary/aromatic N) is 1. The lowest BCUT2D eigenvalue weighted by Crippen LogP contribution is -2.47. The van der Waals surface area contributed by atoms with Crippen LogP contribution in [0.5, 0.6) is 0 Å². The topological polar surface area (TPSA) is 35.8 Å². The molecule has 1 aromatic rings. The first-order valence-corrected chi connectivity index (χ1v) is 5.47. The molecule has 15 heavy (non-hydrogen) atoms. The molecule has 2 heteroatoms. The van der Waals surface area contributed by atoms with Gasteiger partial charge in [0.2, 0.25) is 0 Å². The molecule has 2 nitrogen and oxygen atoms in total. The minimum Gasteiger partial charge on any atom is -0.307 e. The van der Waals surface area contributed by atoms with Crippen LogP contribution in [-0.4, -0.2) is 5.54 Å². The van der Waals surface area contributed by atoms with Gasteiger partial charge in [-0.2, -0.15) is 5.26 Å². The third kappa shape index (κ3) is 2.19. The summed E-state index contributed by atoms with van der Waals surface area (Å²) in [5, 5.41) is 12.5. The van der Waals surface area contributed by atoms with Gasteiger partial charge >= 0.3 is 0 Å². The Morgan fingerprint density at radius 3 is 2.73 bits per heavy atom. The molecular weight excluding hydrogens is 184 g/mol. The number of nitrogens with one attached hydrogen (secondary N) is 1. The van der Waals surface area contributed by atoms with Crippen molar-refractivity contribution in [3.63, 3.8) is 0 Å². The van der Waals surface area contributed by atoms with Crippen molar-refractivity contribution in [2.24, 2.45) is 0 Å². The summed E-state index contributed by atoms with van der Waals surface area (Å²) in [6, 6.07) is 10.0. The molecule has 1 N–H and O–H groups in total. The summed E-state index contributed by atoms with van der Waals surface area (Å²) in [6.45, 7) is 3.06. The van der Waals surface area contributed by atoms with Crippen LogP contribution in [0.2, 0.25) is 0 Å². The highest BCUT2D eigenvalue weighted by atomic mass is 15.0. The van der Waals surface area contributed by atoms with Gasteiger partial charge in [-0.05, 0) is 37.8 Å².